The van der Waals surface area contributed by atoms with Gasteiger partial charge in [-0.1, -0.05) is 18.2 Å². The Bertz CT molecular complexity index is 1620. The lowest BCUT2D eigenvalue weighted by atomic mass is 9.90. The summed E-state index contributed by atoms with van der Waals surface area (Å²) < 4.78 is 40.8. The molecule has 1 atom stereocenters. The molecular formula is C33H44FN5O4S2. The molecule has 12 heteroatoms. The second kappa shape index (κ2) is 13.8. The minimum absolute atomic E-state index is 0.249. The van der Waals surface area contributed by atoms with Crippen LogP contribution in [0, 0.1) is 19.7 Å². The SMILES string of the molecule is CSCC[C@@H](C(=O)O)N(c1cc(-c2nc3c([nH]2)CN(S(=O)(=O)C(C)C)CC3)c(C)cc1C)N1CCC(c2ccc(F)cc2)CC1. The number of piperidine rings is 1. The van der Waals surface area contributed by atoms with E-state index in [1.807, 2.05) is 43.3 Å². The van der Waals surface area contributed by atoms with Crippen LogP contribution in [0.4, 0.5) is 10.1 Å². The second-order valence-electron chi connectivity index (χ2n) is 12.4. The first kappa shape index (κ1) is 33.4. The predicted octanol–water partition coefficient (Wildman–Crippen LogP) is 5.74. The standard InChI is InChI=1S/C33H44FN5O4S2/c1-21(2)45(42,43)38-16-12-28-29(20-38)36-32(35-28)27-19-31(23(4)18-22(27)3)39(30(33(40)41)13-17-44-5)37-14-10-25(11-15-37)24-6-8-26(34)9-7-24/h6-9,18-19,21,25,30H,10-17,20H2,1-5H3,(H,35,36)(H,40,41)/t30-/m0/s1. The lowest BCUT2D eigenvalue weighted by Gasteiger charge is -2.44. The van der Waals surface area contributed by atoms with Crippen molar-refractivity contribution >= 4 is 33.4 Å². The lowest BCUT2D eigenvalue weighted by Crippen LogP contribution is -2.55. The van der Waals surface area contributed by atoms with Crippen LogP contribution in [-0.4, -0.2) is 81.7 Å². The number of fused-ring (bicyclic) bond motifs is 1. The van der Waals surface area contributed by atoms with E-state index in [4.69, 9.17) is 4.98 Å². The minimum Gasteiger partial charge on any atom is -0.480 e. The van der Waals surface area contributed by atoms with Gasteiger partial charge in [-0.15, -0.1) is 0 Å². The number of halogens is 1. The zero-order valence-electron chi connectivity index (χ0n) is 26.7. The molecule has 0 unspecified atom stereocenters. The first-order valence-electron chi connectivity index (χ1n) is 15.6. The van der Waals surface area contributed by atoms with Crippen LogP contribution >= 0.6 is 11.8 Å². The van der Waals surface area contributed by atoms with Crippen LogP contribution in [0.3, 0.4) is 0 Å². The maximum atomic E-state index is 13.6. The van der Waals surface area contributed by atoms with Crippen LogP contribution in [0.15, 0.2) is 36.4 Å². The van der Waals surface area contributed by atoms with E-state index in [-0.39, 0.29) is 18.3 Å². The van der Waals surface area contributed by atoms with Gasteiger partial charge in [0.15, 0.2) is 0 Å². The molecule has 45 heavy (non-hydrogen) atoms. The summed E-state index contributed by atoms with van der Waals surface area (Å²) in [5.41, 5.74) is 6.43. The van der Waals surface area contributed by atoms with Gasteiger partial charge in [0.1, 0.15) is 17.7 Å². The number of hydrogen-bond donors (Lipinski definition) is 2. The minimum atomic E-state index is -3.39. The number of carboxylic acids is 1. The van der Waals surface area contributed by atoms with Gasteiger partial charge in [-0.3, -0.25) is 5.01 Å². The number of carbonyl (C=O) groups is 1. The summed E-state index contributed by atoms with van der Waals surface area (Å²) in [6, 6.07) is 10.1. The molecule has 1 aromatic heterocycles. The number of aliphatic carboxylic acids is 1. The number of imidazole rings is 1. The number of thioether (sulfide) groups is 1. The predicted molar refractivity (Wildman–Crippen MR) is 179 cm³/mol. The number of nitrogens with one attached hydrogen (secondary N) is 1. The van der Waals surface area contributed by atoms with Gasteiger partial charge in [0.25, 0.3) is 0 Å². The Morgan fingerprint density at radius 3 is 2.44 bits per heavy atom. The summed E-state index contributed by atoms with van der Waals surface area (Å²) in [6.45, 7) is 9.41. The van der Waals surface area contributed by atoms with Gasteiger partial charge in [-0.05, 0) is 99.8 Å². The van der Waals surface area contributed by atoms with E-state index in [1.165, 1.54) is 16.4 Å². The summed E-state index contributed by atoms with van der Waals surface area (Å²) in [5, 5.41) is 14.2. The van der Waals surface area contributed by atoms with Crippen molar-refractivity contribution < 1.29 is 22.7 Å². The number of carboxylic acid groups (broad SMARTS) is 1. The van der Waals surface area contributed by atoms with Gasteiger partial charge in [0.05, 0.1) is 28.9 Å². The molecule has 0 bridgehead atoms. The fourth-order valence-corrected chi connectivity index (χ4v) is 8.21. The van der Waals surface area contributed by atoms with Gasteiger partial charge < -0.3 is 10.1 Å². The second-order valence-corrected chi connectivity index (χ2v) is 15.9. The number of H-pyrrole nitrogens is 1. The van der Waals surface area contributed by atoms with Crippen LogP contribution < -0.4 is 5.01 Å². The largest absolute Gasteiger partial charge is 0.480 e. The third kappa shape index (κ3) is 7.08. The van der Waals surface area contributed by atoms with Gasteiger partial charge in [-0.25, -0.2) is 27.6 Å². The molecule has 2 N–H and O–H groups in total. The summed E-state index contributed by atoms with van der Waals surface area (Å²) in [7, 11) is -3.39. The fraction of sp³-hybridized carbons (Fsp3) is 0.515. The molecular weight excluding hydrogens is 614 g/mol. The Balaban J connectivity index is 1.49. The van der Waals surface area contributed by atoms with Crippen molar-refractivity contribution in [1.29, 1.82) is 0 Å². The Hall–Kier alpha value is -2.93. The van der Waals surface area contributed by atoms with E-state index >= 15 is 0 Å². The lowest BCUT2D eigenvalue weighted by molar-refractivity contribution is -0.139. The normalized spacial score (nSPS) is 17.4. The number of nitrogens with zero attached hydrogens (tertiary/aromatic N) is 4. The highest BCUT2D eigenvalue weighted by Gasteiger charge is 2.35. The molecule has 9 nitrogen and oxygen atoms in total. The quantitative estimate of drug-likeness (QED) is 0.269. The molecule has 5 rings (SSSR count). The Labute approximate surface area is 270 Å². The molecule has 0 spiro atoms. The zero-order chi connectivity index (χ0) is 32.5. The topological polar surface area (TPSA) is 110 Å². The molecule has 2 aliphatic heterocycles. The number of sulfonamides is 1. The number of hydrazine groups is 1. The number of anilines is 1. The molecule has 0 saturated carbocycles. The molecule has 244 valence electrons. The van der Waals surface area contributed by atoms with E-state index in [0.717, 1.165) is 52.2 Å². The van der Waals surface area contributed by atoms with Crippen LogP contribution in [0.5, 0.6) is 0 Å². The van der Waals surface area contributed by atoms with Gasteiger partial charge in [0, 0.05) is 31.6 Å². The Kier molecular flexibility index (Phi) is 10.3. The molecule has 0 amide bonds. The Morgan fingerprint density at radius 1 is 1.13 bits per heavy atom. The van der Waals surface area contributed by atoms with Crippen molar-refractivity contribution in [2.45, 2.75) is 77.1 Å². The van der Waals surface area contributed by atoms with Crippen molar-refractivity contribution in [2.75, 3.05) is 36.7 Å². The summed E-state index contributed by atoms with van der Waals surface area (Å²) in [5.74, 6) is 0.528. The number of aromatic nitrogens is 2. The molecule has 2 aromatic carbocycles. The number of hydrogen-bond acceptors (Lipinski definition) is 7. The molecule has 3 heterocycles. The molecule has 0 radical (unpaired) electrons. The fourth-order valence-electron chi connectivity index (χ4n) is 6.50. The van der Waals surface area contributed by atoms with Gasteiger partial charge in [-0.2, -0.15) is 16.1 Å². The van der Waals surface area contributed by atoms with Crippen LogP contribution in [0.2, 0.25) is 0 Å². The highest BCUT2D eigenvalue weighted by molar-refractivity contribution is 7.98. The highest BCUT2D eigenvalue weighted by atomic mass is 32.2. The average molecular weight is 658 g/mol. The maximum absolute atomic E-state index is 13.6. The van der Waals surface area contributed by atoms with Crippen molar-refractivity contribution in [3.05, 3.63) is 70.3 Å². The van der Waals surface area contributed by atoms with E-state index in [0.29, 0.717) is 44.1 Å². The van der Waals surface area contributed by atoms with E-state index < -0.39 is 27.3 Å². The van der Waals surface area contributed by atoms with Crippen molar-refractivity contribution in [3.8, 4) is 11.4 Å². The highest BCUT2D eigenvalue weighted by Crippen LogP contribution is 2.37. The molecule has 1 saturated heterocycles. The number of rotatable bonds is 11. The van der Waals surface area contributed by atoms with Gasteiger partial charge in [0.2, 0.25) is 10.0 Å². The van der Waals surface area contributed by atoms with Crippen LogP contribution in [-0.2, 0) is 27.8 Å². The first-order valence-corrected chi connectivity index (χ1v) is 18.5. The zero-order valence-corrected chi connectivity index (χ0v) is 28.3. The summed E-state index contributed by atoms with van der Waals surface area (Å²) >= 11 is 1.63. The van der Waals surface area contributed by atoms with E-state index in [9.17, 15) is 22.7 Å². The van der Waals surface area contributed by atoms with Crippen molar-refractivity contribution in [1.82, 2.24) is 19.3 Å². The third-order valence-electron chi connectivity index (χ3n) is 9.09. The molecule has 3 aromatic rings. The average Bonchev–Trinajstić information content (AvgIpc) is 3.43. The Morgan fingerprint density at radius 2 is 1.82 bits per heavy atom. The monoisotopic (exact) mass is 657 g/mol. The van der Waals surface area contributed by atoms with E-state index in [1.54, 1.807) is 25.6 Å². The maximum Gasteiger partial charge on any atom is 0.327 e. The smallest absolute Gasteiger partial charge is 0.327 e. The first-order chi connectivity index (χ1) is 21.4. The van der Waals surface area contributed by atoms with Crippen molar-refractivity contribution in [3.63, 3.8) is 0 Å². The molecule has 1 fully saturated rings. The van der Waals surface area contributed by atoms with Gasteiger partial charge >= 0.3 is 5.97 Å². The van der Waals surface area contributed by atoms with E-state index in [2.05, 4.69) is 16.1 Å². The van der Waals surface area contributed by atoms with Crippen molar-refractivity contribution in [2.24, 2.45) is 0 Å². The summed E-state index contributed by atoms with van der Waals surface area (Å²) in [4.78, 5) is 21.1. The number of aromatic amines is 1. The number of aryl methyl sites for hydroxylation is 2. The molecule has 0 aliphatic carbocycles. The van der Waals surface area contributed by atoms with Crippen LogP contribution in [0.1, 0.15) is 67.1 Å². The summed E-state index contributed by atoms with van der Waals surface area (Å²) in [6.07, 6.45) is 4.65. The molecule has 2 aliphatic rings. The number of benzene rings is 2. The third-order valence-corrected chi connectivity index (χ3v) is 12.0. The van der Waals surface area contributed by atoms with Crippen LogP contribution in [0.25, 0.3) is 11.4 Å².